The Morgan fingerprint density at radius 3 is 3.00 bits per heavy atom. The van der Waals surface area contributed by atoms with E-state index in [-0.39, 0.29) is 5.54 Å². The minimum absolute atomic E-state index is 0.0693. The number of hydrogen-bond acceptors (Lipinski definition) is 4. The molecule has 1 unspecified atom stereocenters. The molecule has 1 atom stereocenters. The van der Waals surface area contributed by atoms with Crippen LogP contribution in [0.3, 0.4) is 0 Å². The Morgan fingerprint density at radius 2 is 2.36 bits per heavy atom. The number of aromatic nitrogens is 2. The minimum Gasteiger partial charge on any atom is -0.337 e. The molecule has 2 heterocycles. The van der Waals surface area contributed by atoms with Crippen LogP contribution in [0, 0.1) is 0 Å². The molecule has 0 bridgehead atoms. The first kappa shape index (κ1) is 8.41. The van der Waals surface area contributed by atoms with E-state index < -0.39 is 0 Å². The SMILES string of the molecule is CC1(c2nc(C3CC3)no2)CCCN1. The molecule has 1 aliphatic heterocycles. The lowest BCUT2D eigenvalue weighted by atomic mass is 10.0. The summed E-state index contributed by atoms with van der Waals surface area (Å²) >= 11 is 0. The normalized spacial score (nSPS) is 32.4. The fourth-order valence-corrected chi connectivity index (χ4v) is 2.04. The third-order valence-corrected chi connectivity index (χ3v) is 3.22. The molecule has 1 aromatic rings. The molecule has 4 nitrogen and oxygen atoms in total. The molecular formula is C10H15N3O. The van der Waals surface area contributed by atoms with Gasteiger partial charge in [0.05, 0.1) is 5.54 Å². The minimum atomic E-state index is -0.0693. The van der Waals surface area contributed by atoms with Crippen molar-refractivity contribution >= 4 is 0 Å². The van der Waals surface area contributed by atoms with Crippen LogP contribution in [-0.4, -0.2) is 16.7 Å². The smallest absolute Gasteiger partial charge is 0.246 e. The molecule has 0 radical (unpaired) electrons. The zero-order valence-corrected chi connectivity index (χ0v) is 8.42. The van der Waals surface area contributed by atoms with Gasteiger partial charge in [0.1, 0.15) is 0 Å². The molecule has 3 rings (SSSR count). The van der Waals surface area contributed by atoms with Crippen molar-refractivity contribution < 1.29 is 4.52 Å². The van der Waals surface area contributed by atoms with E-state index in [0.29, 0.717) is 5.92 Å². The largest absolute Gasteiger partial charge is 0.337 e. The molecule has 1 saturated carbocycles. The van der Waals surface area contributed by atoms with Gasteiger partial charge in [-0.1, -0.05) is 5.16 Å². The molecule has 2 aliphatic rings. The van der Waals surface area contributed by atoms with Crippen molar-refractivity contribution in [2.45, 2.75) is 44.1 Å². The van der Waals surface area contributed by atoms with Gasteiger partial charge in [-0.05, 0) is 39.2 Å². The van der Waals surface area contributed by atoms with Gasteiger partial charge in [-0.2, -0.15) is 4.98 Å². The number of nitrogens with one attached hydrogen (secondary N) is 1. The molecule has 2 fully saturated rings. The highest BCUT2D eigenvalue weighted by atomic mass is 16.5. The molecule has 76 valence electrons. The summed E-state index contributed by atoms with van der Waals surface area (Å²) in [6.45, 7) is 3.20. The van der Waals surface area contributed by atoms with Gasteiger partial charge in [-0.3, -0.25) is 0 Å². The average molecular weight is 193 g/mol. The molecule has 1 saturated heterocycles. The first-order valence-electron chi connectivity index (χ1n) is 5.37. The number of nitrogens with zero attached hydrogens (tertiary/aromatic N) is 2. The van der Waals surface area contributed by atoms with Crippen LogP contribution in [0.2, 0.25) is 0 Å². The van der Waals surface area contributed by atoms with Crippen molar-refractivity contribution in [3.05, 3.63) is 11.7 Å². The van der Waals surface area contributed by atoms with Gasteiger partial charge in [0, 0.05) is 5.92 Å². The Labute approximate surface area is 83.1 Å². The summed E-state index contributed by atoms with van der Waals surface area (Å²) in [5, 5.41) is 7.47. The van der Waals surface area contributed by atoms with Crippen molar-refractivity contribution in [1.82, 2.24) is 15.5 Å². The highest BCUT2D eigenvalue weighted by molar-refractivity contribution is 5.09. The Kier molecular flexibility index (Phi) is 1.68. The van der Waals surface area contributed by atoms with E-state index >= 15 is 0 Å². The molecule has 1 N–H and O–H groups in total. The second-order valence-corrected chi connectivity index (χ2v) is 4.59. The van der Waals surface area contributed by atoms with E-state index in [4.69, 9.17) is 4.52 Å². The Bertz CT molecular complexity index is 337. The average Bonchev–Trinajstić information content (AvgIpc) is 2.75. The van der Waals surface area contributed by atoms with E-state index in [2.05, 4.69) is 22.4 Å². The van der Waals surface area contributed by atoms with Crippen molar-refractivity contribution in [2.24, 2.45) is 0 Å². The lowest BCUT2D eigenvalue weighted by Crippen LogP contribution is -2.33. The second kappa shape index (κ2) is 2.79. The zero-order valence-electron chi connectivity index (χ0n) is 8.42. The first-order valence-corrected chi connectivity index (χ1v) is 5.37. The molecule has 0 amide bonds. The quantitative estimate of drug-likeness (QED) is 0.774. The maximum atomic E-state index is 5.33. The summed E-state index contributed by atoms with van der Waals surface area (Å²) in [7, 11) is 0. The molecule has 4 heteroatoms. The molecule has 14 heavy (non-hydrogen) atoms. The van der Waals surface area contributed by atoms with Crippen LogP contribution in [0.25, 0.3) is 0 Å². The standard InChI is InChI=1S/C10H15N3O/c1-10(5-2-6-11-10)9-12-8(13-14-9)7-3-4-7/h7,11H,2-6H2,1H3. The highest BCUT2D eigenvalue weighted by Gasteiger charge is 2.37. The molecule has 0 spiro atoms. The van der Waals surface area contributed by atoms with Crippen LogP contribution in [-0.2, 0) is 5.54 Å². The monoisotopic (exact) mass is 193 g/mol. The summed E-state index contributed by atoms with van der Waals surface area (Å²) < 4.78 is 5.33. The van der Waals surface area contributed by atoms with Gasteiger partial charge in [0.15, 0.2) is 5.82 Å². The summed E-state index contributed by atoms with van der Waals surface area (Å²) in [5.41, 5.74) is -0.0693. The predicted molar refractivity (Wildman–Crippen MR) is 50.9 cm³/mol. The summed E-state index contributed by atoms with van der Waals surface area (Å²) in [6.07, 6.45) is 4.74. The van der Waals surface area contributed by atoms with E-state index in [9.17, 15) is 0 Å². The van der Waals surface area contributed by atoms with Crippen LogP contribution in [0.15, 0.2) is 4.52 Å². The molecule has 1 aromatic heterocycles. The molecule has 1 aliphatic carbocycles. The molecular weight excluding hydrogens is 178 g/mol. The predicted octanol–water partition coefficient (Wildman–Crippen LogP) is 1.55. The lowest BCUT2D eigenvalue weighted by molar-refractivity contribution is 0.274. The third-order valence-electron chi connectivity index (χ3n) is 3.22. The van der Waals surface area contributed by atoms with Crippen molar-refractivity contribution in [2.75, 3.05) is 6.54 Å². The maximum Gasteiger partial charge on any atom is 0.246 e. The van der Waals surface area contributed by atoms with E-state index in [1.807, 2.05) is 0 Å². The first-order chi connectivity index (χ1) is 6.78. The van der Waals surface area contributed by atoms with E-state index in [1.54, 1.807) is 0 Å². The van der Waals surface area contributed by atoms with Gasteiger partial charge < -0.3 is 9.84 Å². The maximum absolute atomic E-state index is 5.33. The number of rotatable bonds is 2. The zero-order chi connectivity index (χ0) is 9.60. The van der Waals surface area contributed by atoms with E-state index in [1.165, 1.54) is 19.3 Å². The highest BCUT2D eigenvalue weighted by Crippen LogP contribution is 2.39. The van der Waals surface area contributed by atoms with Crippen molar-refractivity contribution in [3.63, 3.8) is 0 Å². The molecule has 0 aromatic carbocycles. The van der Waals surface area contributed by atoms with Crippen LogP contribution in [0.5, 0.6) is 0 Å². The summed E-state index contributed by atoms with van der Waals surface area (Å²) in [6, 6.07) is 0. The fourth-order valence-electron chi connectivity index (χ4n) is 2.04. The van der Waals surface area contributed by atoms with Gasteiger partial charge >= 0.3 is 0 Å². The number of hydrogen-bond donors (Lipinski definition) is 1. The van der Waals surface area contributed by atoms with Crippen LogP contribution >= 0.6 is 0 Å². The Balaban J connectivity index is 1.87. The van der Waals surface area contributed by atoms with Crippen LogP contribution < -0.4 is 5.32 Å². The lowest BCUT2D eigenvalue weighted by Gasteiger charge is -2.18. The van der Waals surface area contributed by atoms with Crippen LogP contribution in [0.1, 0.15) is 50.2 Å². The fraction of sp³-hybridized carbons (Fsp3) is 0.800. The van der Waals surface area contributed by atoms with Gasteiger partial charge in [0.2, 0.25) is 5.89 Å². The van der Waals surface area contributed by atoms with Crippen molar-refractivity contribution in [3.8, 4) is 0 Å². The topological polar surface area (TPSA) is 51.0 Å². The summed E-state index contributed by atoms with van der Waals surface area (Å²) in [4.78, 5) is 4.49. The van der Waals surface area contributed by atoms with E-state index in [0.717, 1.165) is 24.7 Å². The third kappa shape index (κ3) is 1.25. The van der Waals surface area contributed by atoms with Crippen LogP contribution in [0.4, 0.5) is 0 Å². The van der Waals surface area contributed by atoms with Gasteiger partial charge in [0.25, 0.3) is 0 Å². The second-order valence-electron chi connectivity index (χ2n) is 4.59. The van der Waals surface area contributed by atoms with Crippen molar-refractivity contribution in [1.29, 1.82) is 0 Å². The Hall–Kier alpha value is -0.900. The Morgan fingerprint density at radius 1 is 1.50 bits per heavy atom. The van der Waals surface area contributed by atoms with Gasteiger partial charge in [-0.15, -0.1) is 0 Å². The van der Waals surface area contributed by atoms with Gasteiger partial charge in [-0.25, -0.2) is 0 Å². The summed E-state index contributed by atoms with van der Waals surface area (Å²) in [5.74, 6) is 2.27.